The lowest BCUT2D eigenvalue weighted by atomic mass is 9.93. The Morgan fingerprint density at radius 3 is 2.58 bits per heavy atom. The van der Waals surface area contributed by atoms with Crippen LogP contribution in [0, 0.1) is 0 Å². The standard InChI is InChI=1S/C11H15N3O3S2/c1-11(2,5-15)9-13-7-6(8(16)14(9)3)12-10(18-7)19(4)17/h15H,5H2,1-4H3. The molecule has 6 nitrogen and oxygen atoms in total. The number of rotatable bonds is 3. The maximum atomic E-state index is 12.2. The lowest BCUT2D eigenvalue weighted by molar-refractivity contribution is 0.208. The van der Waals surface area contributed by atoms with E-state index in [-0.39, 0.29) is 17.7 Å². The first kappa shape index (κ1) is 14.3. The molecule has 0 radical (unpaired) electrons. The maximum absolute atomic E-state index is 12.2. The second-order valence-electron chi connectivity index (χ2n) is 4.93. The average molecular weight is 301 g/mol. The van der Waals surface area contributed by atoms with Crippen molar-refractivity contribution in [1.82, 2.24) is 14.5 Å². The van der Waals surface area contributed by atoms with Gasteiger partial charge in [-0.2, -0.15) is 0 Å². The van der Waals surface area contributed by atoms with E-state index in [1.54, 1.807) is 20.9 Å². The van der Waals surface area contributed by atoms with Crippen LogP contribution in [0.4, 0.5) is 0 Å². The molecule has 0 saturated heterocycles. The van der Waals surface area contributed by atoms with Gasteiger partial charge in [0, 0.05) is 18.7 Å². The van der Waals surface area contributed by atoms with Gasteiger partial charge in [-0.15, -0.1) is 0 Å². The maximum Gasteiger partial charge on any atom is 0.280 e. The van der Waals surface area contributed by atoms with Gasteiger partial charge in [0.2, 0.25) is 0 Å². The van der Waals surface area contributed by atoms with Crippen LogP contribution in [-0.4, -0.2) is 36.7 Å². The van der Waals surface area contributed by atoms with Crippen LogP contribution in [-0.2, 0) is 23.3 Å². The Bertz CT molecular complexity index is 718. The number of fused-ring (bicyclic) bond motifs is 1. The summed E-state index contributed by atoms with van der Waals surface area (Å²) in [7, 11) is 0.364. The van der Waals surface area contributed by atoms with E-state index in [0.717, 1.165) is 11.3 Å². The molecule has 2 heterocycles. The van der Waals surface area contributed by atoms with E-state index >= 15 is 0 Å². The normalized spacial score (nSPS) is 13.9. The smallest absolute Gasteiger partial charge is 0.280 e. The van der Waals surface area contributed by atoms with Crippen LogP contribution in [0.2, 0.25) is 0 Å². The number of aliphatic hydroxyl groups excluding tert-OH is 1. The highest BCUT2D eigenvalue weighted by Gasteiger charge is 2.26. The minimum atomic E-state index is -1.24. The second-order valence-corrected chi connectivity index (χ2v) is 7.46. The number of aliphatic hydroxyl groups is 1. The first-order valence-corrected chi connectivity index (χ1v) is 7.97. The summed E-state index contributed by atoms with van der Waals surface area (Å²) in [6, 6.07) is 0. The molecule has 0 saturated carbocycles. The zero-order chi connectivity index (χ0) is 14.4. The third-order valence-corrected chi connectivity index (χ3v) is 5.15. The van der Waals surface area contributed by atoms with Gasteiger partial charge in [0.1, 0.15) is 5.82 Å². The molecule has 1 N–H and O–H groups in total. The minimum Gasteiger partial charge on any atom is -0.395 e. The van der Waals surface area contributed by atoms with E-state index in [0.29, 0.717) is 15.0 Å². The van der Waals surface area contributed by atoms with Crippen molar-refractivity contribution in [3.05, 3.63) is 16.2 Å². The highest BCUT2D eigenvalue weighted by atomic mass is 32.2. The monoisotopic (exact) mass is 301 g/mol. The highest BCUT2D eigenvalue weighted by molar-refractivity contribution is 7.86. The molecule has 2 rings (SSSR count). The van der Waals surface area contributed by atoms with Crippen molar-refractivity contribution in [3.8, 4) is 0 Å². The van der Waals surface area contributed by atoms with E-state index in [2.05, 4.69) is 9.97 Å². The highest BCUT2D eigenvalue weighted by Crippen LogP contribution is 2.24. The first-order chi connectivity index (χ1) is 8.77. The van der Waals surface area contributed by atoms with Gasteiger partial charge in [-0.25, -0.2) is 9.97 Å². The molecule has 19 heavy (non-hydrogen) atoms. The second kappa shape index (κ2) is 4.77. The molecule has 104 valence electrons. The molecule has 0 aliphatic rings. The van der Waals surface area contributed by atoms with Crippen LogP contribution in [0.1, 0.15) is 19.7 Å². The first-order valence-electron chi connectivity index (χ1n) is 5.60. The molecule has 8 heteroatoms. The Kier molecular flexibility index (Phi) is 3.59. The third-order valence-electron chi connectivity index (χ3n) is 2.87. The van der Waals surface area contributed by atoms with Crippen molar-refractivity contribution < 1.29 is 9.32 Å². The lowest BCUT2D eigenvalue weighted by Crippen LogP contribution is -2.33. The van der Waals surface area contributed by atoms with E-state index in [1.807, 2.05) is 0 Å². The van der Waals surface area contributed by atoms with Crippen LogP contribution in [0.25, 0.3) is 10.3 Å². The van der Waals surface area contributed by atoms with Crippen molar-refractivity contribution in [1.29, 1.82) is 0 Å². The summed E-state index contributed by atoms with van der Waals surface area (Å²) in [5.74, 6) is 0.490. The number of aromatic nitrogens is 3. The predicted octanol–water partition coefficient (Wildman–Crippen LogP) is 0.397. The zero-order valence-electron chi connectivity index (χ0n) is 11.1. The molecule has 0 aliphatic carbocycles. The largest absolute Gasteiger partial charge is 0.395 e. The Morgan fingerprint density at radius 1 is 1.42 bits per heavy atom. The van der Waals surface area contributed by atoms with Gasteiger partial charge in [-0.1, -0.05) is 25.2 Å². The lowest BCUT2D eigenvalue weighted by Gasteiger charge is -2.22. The Hall–Kier alpha value is -1.12. The van der Waals surface area contributed by atoms with Gasteiger partial charge in [0.15, 0.2) is 14.7 Å². The summed E-state index contributed by atoms with van der Waals surface area (Å²) in [6.07, 6.45) is 1.51. The Balaban J connectivity index is 2.80. The molecule has 0 aromatic carbocycles. The van der Waals surface area contributed by atoms with Crippen molar-refractivity contribution in [2.45, 2.75) is 23.6 Å². The zero-order valence-corrected chi connectivity index (χ0v) is 12.8. The van der Waals surface area contributed by atoms with E-state index in [9.17, 15) is 14.1 Å². The third kappa shape index (κ3) is 2.35. The van der Waals surface area contributed by atoms with Gasteiger partial charge < -0.3 is 5.11 Å². The molecule has 0 bridgehead atoms. The fourth-order valence-corrected chi connectivity index (χ4v) is 3.32. The minimum absolute atomic E-state index is 0.121. The van der Waals surface area contributed by atoms with Gasteiger partial charge in [-0.3, -0.25) is 13.6 Å². The Labute approximate surface area is 116 Å². The van der Waals surface area contributed by atoms with E-state index in [1.165, 1.54) is 10.8 Å². The molecular weight excluding hydrogens is 286 g/mol. The van der Waals surface area contributed by atoms with Gasteiger partial charge in [0.25, 0.3) is 5.56 Å². The molecule has 1 unspecified atom stereocenters. The number of thiazole rings is 1. The van der Waals surface area contributed by atoms with Gasteiger partial charge >= 0.3 is 0 Å². The summed E-state index contributed by atoms with van der Waals surface area (Å²) in [5.41, 5.74) is -0.679. The number of nitrogens with zero attached hydrogens (tertiary/aromatic N) is 3. The average Bonchev–Trinajstić information content (AvgIpc) is 2.78. The van der Waals surface area contributed by atoms with E-state index in [4.69, 9.17) is 0 Å². The summed E-state index contributed by atoms with van der Waals surface area (Å²) < 4.78 is 13.2. The number of hydrogen-bond acceptors (Lipinski definition) is 6. The topological polar surface area (TPSA) is 85.1 Å². The quantitative estimate of drug-likeness (QED) is 0.887. The van der Waals surface area contributed by atoms with Crippen LogP contribution in [0.15, 0.2) is 9.13 Å². The molecule has 0 aliphatic heterocycles. The summed E-state index contributed by atoms with van der Waals surface area (Å²) in [6.45, 7) is 3.49. The van der Waals surface area contributed by atoms with Crippen molar-refractivity contribution >= 4 is 32.5 Å². The molecule has 2 aromatic heterocycles. The molecule has 0 spiro atoms. The van der Waals surface area contributed by atoms with E-state index < -0.39 is 16.2 Å². The SMILES string of the molecule is Cn1c(C(C)(C)CO)nc2sc(S(C)=O)nc2c1=O. The molecule has 2 aromatic rings. The fraction of sp³-hybridized carbons (Fsp3) is 0.545. The Morgan fingerprint density at radius 2 is 2.05 bits per heavy atom. The summed E-state index contributed by atoms with van der Waals surface area (Å²) in [4.78, 5) is 21.2. The summed E-state index contributed by atoms with van der Waals surface area (Å²) in [5, 5.41) is 9.41. The van der Waals surface area contributed by atoms with Crippen LogP contribution in [0.5, 0.6) is 0 Å². The van der Waals surface area contributed by atoms with Crippen molar-refractivity contribution in [2.75, 3.05) is 12.9 Å². The van der Waals surface area contributed by atoms with Crippen molar-refractivity contribution in [3.63, 3.8) is 0 Å². The van der Waals surface area contributed by atoms with Gasteiger partial charge in [-0.05, 0) is 0 Å². The molecule has 0 fully saturated rings. The van der Waals surface area contributed by atoms with Gasteiger partial charge in [0.05, 0.1) is 17.4 Å². The molecular formula is C11H15N3O3S2. The van der Waals surface area contributed by atoms with Crippen LogP contribution in [0.3, 0.4) is 0 Å². The van der Waals surface area contributed by atoms with Crippen LogP contribution < -0.4 is 5.56 Å². The van der Waals surface area contributed by atoms with Crippen molar-refractivity contribution in [2.24, 2.45) is 7.05 Å². The predicted molar refractivity (Wildman–Crippen MR) is 75.1 cm³/mol. The molecule has 1 atom stereocenters. The summed E-state index contributed by atoms with van der Waals surface area (Å²) >= 11 is 1.15. The number of hydrogen-bond donors (Lipinski definition) is 1. The molecule has 0 amide bonds. The van der Waals surface area contributed by atoms with Crippen LogP contribution >= 0.6 is 11.3 Å². The fourth-order valence-electron chi connectivity index (χ4n) is 1.73.